The molecule has 14 heavy (non-hydrogen) atoms. The van der Waals surface area contributed by atoms with Crippen molar-refractivity contribution in [3.63, 3.8) is 0 Å². The Morgan fingerprint density at radius 3 is 2.64 bits per heavy atom. The van der Waals surface area contributed by atoms with E-state index in [-0.39, 0.29) is 6.61 Å². The predicted molar refractivity (Wildman–Crippen MR) is 60.9 cm³/mol. The molecule has 1 aromatic carbocycles. The van der Waals surface area contributed by atoms with E-state index < -0.39 is 0 Å². The molecular weight excluding hydrogens is 198 g/mol. The van der Waals surface area contributed by atoms with Crippen LogP contribution in [0.3, 0.4) is 0 Å². The molecule has 0 aliphatic heterocycles. The SMILES string of the molecule is OCCCCCNc1ccccc1Cl. The lowest BCUT2D eigenvalue weighted by atomic mass is 10.2. The highest BCUT2D eigenvalue weighted by molar-refractivity contribution is 6.33. The molecule has 0 atom stereocenters. The van der Waals surface area contributed by atoms with Crippen molar-refractivity contribution in [1.82, 2.24) is 0 Å². The van der Waals surface area contributed by atoms with Gasteiger partial charge in [-0.05, 0) is 31.4 Å². The molecule has 0 aliphatic carbocycles. The molecule has 0 saturated heterocycles. The molecule has 0 fully saturated rings. The van der Waals surface area contributed by atoms with Crippen molar-refractivity contribution in [1.29, 1.82) is 0 Å². The van der Waals surface area contributed by atoms with E-state index in [1.807, 2.05) is 24.3 Å². The molecule has 0 bridgehead atoms. The van der Waals surface area contributed by atoms with Crippen LogP contribution in [0.2, 0.25) is 5.02 Å². The summed E-state index contributed by atoms with van der Waals surface area (Å²) >= 11 is 5.96. The average molecular weight is 214 g/mol. The van der Waals surface area contributed by atoms with Gasteiger partial charge in [-0.3, -0.25) is 0 Å². The van der Waals surface area contributed by atoms with Crippen molar-refractivity contribution >= 4 is 17.3 Å². The fourth-order valence-electron chi connectivity index (χ4n) is 1.24. The van der Waals surface area contributed by atoms with Gasteiger partial charge in [-0.15, -0.1) is 0 Å². The van der Waals surface area contributed by atoms with Gasteiger partial charge in [0.15, 0.2) is 0 Å². The van der Waals surface area contributed by atoms with Gasteiger partial charge in [0.1, 0.15) is 0 Å². The normalized spacial score (nSPS) is 10.1. The van der Waals surface area contributed by atoms with E-state index in [1.165, 1.54) is 0 Å². The number of unbranched alkanes of at least 4 members (excludes halogenated alkanes) is 2. The molecule has 0 amide bonds. The maximum absolute atomic E-state index is 8.59. The minimum absolute atomic E-state index is 0.284. The minimum atomic E-state index is 0.284. The van der Waals surface area contributed by atoms with Gasteiger partial charge < -0.3 is 10.4 Å². The molecule has 2 nitrogen and oxygen atoms in total. The fraction of sp³-hybridized carbons (Fsp3) is 0.455. The zero-order chi connectivity index (χ0) is 10.2. The van der Waals surface area contributed by atoms with Crippen LogP contribution in [0.25, 0.3) is 0 Å². The van der Waals surface area contributed by atoms with Crippen LogP contribution in [0.15, 0.2) is 24.3 Å². The lowest BCUT2D eigenvalue weighted by Crippen LogP contribution is -2.02. The Balaban J connectivity index is 2.21. The molecule has 2 N–H and O–H groups in total. The zero-order valence-electron chi connectivity index (χ0n) is 8.17. The molecular formula is C11H16ClNO. The maximum Gasteiger partial charge on any atom is 0.0637 e. The van der Waals surface area contributed by atoms with Gasteiger partial charge in [0.05, 0.1) is 10.7 Å². The third kappa shape index (κ3) is 3.99. The number of halogens is 1. The van der Waals surface area contributed by atoms with Crippen molar-refractivity contribution in [2.75, 3.05) is 18.5 Å². The first-order chi connectivity index (χ1) is 6.84. The molecule has 3 heteroatoms. The lowest BCUT2D eigenvalue weighted by molar-refractivity contribution is 0.283. The van der Waals surface area contributed by atoms with E-state index in [0.29, 0.717) is 0 Å². The van der Waals surface area contributed by atoms with E-state index in [1.54, 1.807) is 0 Å². The van der Waals surface area contributed by atoms with Crippen LogP contribution < -0.4 is 5.32 Å². The van der Waals surface area contributed by atoms with Gasteiger partial charge in [0.2, 0.25) is 0 Å². The van der Waals surface area contributed by atoms with Gasteiger partial charge in [0.25, 0.3) is 0 Å². The first kappa shape index (κ1) is 11.3. The number of benzene rings is 1. The Hall–Kier alpha value is -0.730. The van der Waals surface area contributed by atoms with Crippen molar-refractivity contribution < 1.29 is 5.11 Å². The first-order valence-electron chi connectivity index (χ1n) is 4.94. The maximum atomic E-state index is 8.59. The van der Waals surface area contributed by atoms with Crippen LogP contribution >= 0.6 is 11.6 Å². The van der Waals surface area contributed by atoms with E-state index in [0.717, 1.165) is 36.5 Å². The molecule has 0 saturated carbocycles. The average Bonchev–Trinajstić information content (AvgIpc) is 2.20. The highest BCUT2D eigenvalue weighted by atomic mass is 35.5. The third-order valence-corrected chi connectivity index (χ3v) is 2.35. The predicted octanol–water partition coefficient (Wildman–Crippen LogP) is 2.91. The van der Waals surface area contributed by atoms with Gasteiger partial charge in [-0.25, -0.2) is 0 Å². The van der Waals surface area contributed by atoms with Crippen molar-refractivity contribution in [3.05, 3.63) is 29.3 Å². The van der Waals surface area contributed by atoms with Crippen LogP contribution in [-0.2, 0) is 0 Å². The summed E-state index contributed by atoms with van der Waals surface area (Å²) in [5, 5.41) is 12.6. The van der Waals surface area contributed by atoms with Gasteiger partial charge >= 0.3 is 0 Å². The molecule has 0 unspecified atom stereocenters. The summed E-state index contributed by atoms with van der Waals surface area (Å²) in [6.45, 7) is 1.19. The standard InChI is InChI=1S/C11H16ClNO/c12-10-6-2-3-7-11(10)13-8-4-1-5-9-14/h2-3,6-7,13-14H,1,4-5,8-9H2. The largest absolute Gasteiger partial charge is 0.396 e. The summed E-state index contributed by atoms with van der Waals surface area (Å²) < 4.78 is 0. The summed E-state index contributed by atoms with van der Waals surface area (Å²) in [6, 6.07) is 7.72. The number of nitrogens with one attached hydrogen (secondary N) is 1. The molecule has 1 aromatic rings. The molecule has 0 radical (unpaired) electrons. The van der Waals surface area contributed by atoms with E-state index in [9.17, 15) is 0 Å². The van der Waals surface area contributed by atoms with E-state index in [2.05, 4.69) is 5.32 Å². The topological polar surface area (TPSA) is 32.3 Å². The summed E-state index contributed by atoms with van der Waals surface area (Å²) in [4.78, 5) is 0. The number of aliphatic hydroxyl groups is 1. The highest BCUT2D eigenvalue weighted by Crippen LogP contribution is 2.20. The Morgan fingerprint density at radius 1 is 1.14 bits per heavy atom. The van der Waals surface area contributed by atoms with Crippen molar-refractivity contribution in [2.24, 2.45) is 0 Å². The highest BCUT2D eigenvalue weighted by Gasteiger charge is 1.96. The lowest BCUT2D eigenvalue weighted by Gasteiger charge is -2.07. The Labute approximate surface area is 89.9 Å². The Kier molecular flexibility index (Phi) is 5.42. The summed E-state index contributed by atoms with van der Waals surface area (Å²) in [5.74, 6) is 0. The zero-order valence-corrected chi connectivity index (χ0v) is 8.93. The van der Waals surface area contributed by atoms with E-state index in [4.69, 9.17) is 16.7 Å². The molecule has 0 heterocycles. The van der Waals surface area contributed by atoms with Crippen LogP contribution in [0.1, 0.15) is 19.3 Å². The van der Waals surface area contributed by atoms with Gasteiger partial charge in [-0.2, -0.15) is 0 Å². The summed E-state index contributed by atoms with van der Waals surface area (Å²) in [5.41, 5.74) is 0.984. The van der Waals surface area contributed by atoms with Gasteiger partial charge in [0, 0.05) is 13.2 Å². The number of anilines is 1. The molecule has 0 aromatic heterocycles. The number of hydrogen-bond donors (Lipinski definition) is 2. The van der Waals surface area contributed by atoms with E-state index >= 15 is 0 Å². The smallest absolute Gasteiger partial charge is 0.0637 e. The number of aliphatic hydroxyl groups excluding tert-OH is 1. The van der Waals surface area contributed by atoms with Crippen molar-refractivity contribution in [3.8, 4) is 0 Å². The minimum Gasteiger partial charge on any atom is -0.396 e. The summed E-state index contributed by atoms with van der Waals surface area (Å²) in [7, 11) is 0. The Bertz CT molecular complexity index is 265. The molecule has 1 rings (SSSR count). The number of rotatable bonds is 6. The second kappa shape index (κ2) is 6.68. The van der Waals surface area contributed by atoms with Gasteiger partial charge in [-0.1, -0.05) is 23.7 Å². The van der Waals surface area contributed by atoms with Crippen molar-refractivity contribution in [2.45, 2.75) is 19.3 Å². The number of hydrogen-bond acceptors (Lipinski definition) is 2. The quantitative estimate of drug-likeness (QED) is 0.713. The second-order valence-electron chi connectivity index (χ2n) is 3.19. The Morgan fingerprint density at radius 2 is 1.93 bits per heavy atom. The molecule has 0 spiro atoms. The summed E-state index contributed by atoms with van der Waals surface area (Å²) in [6.07, 6.45) is 2.99. The first-order valence-corrected chi connectivity index (χ1v) is 5.31. The molecule has 78 valence electrons. The van der Waals surface area contributed by atoms with Crippen LogP contribution in [0, 0.1) is 0 Å². The van der Waals surface area contributed by atoms with Crippen LogP contribution in [-0.4, -0.2) is 18.3 Å². The van der Waals surface area contributed by atoms with Crippen LogP contribution in [0.4, 0.5) is 5.69 Å². The monoisotopic (exact) mass is 213 g/mol. The molecule has 0 aliphatic rings. The fourth-order valence-corrected chi connectivity index (χ4v) is 1.44. The van der Waals surface area contributed by atoms with Crippen LogP contribution in [0.5, 0.6) is 0 Å². The number of para-hydroxylation sites is 1. The third-order valence-electron chi connectivity index (χ3n) is 2.02. The second-order valence-corrected chi connectivity index (χ2v) is 3.60.